The van der Waals surface area contributed by atoms with Crippen molar-refractivity contribution in [3.8, 4) is 0 Å². The molecule has 1 aliphatic heterocycles. The normalized spacial score (nSPS) is 15.5. The zero-order valence-electron chi connectivity index (χ0n) is 14.4. The Labute approximate surface area is 146 Å². The highest BCUT2D eigenvalue weighted by Gasteiger charge is 2.18. The third kappa shape index (κ3) is 4.20. The number of morpholine rings is 1. The molecule has 0 bridgehead atoms. The van der Waals surface area contributed by atoms with Crippen molar-refractivity contribution in [2.24, 2.45) is 0 Å². The molecule has 1 aromatic carbocycles. The highest BCUT2D eigenvalue weighted by atomic mass is 32.1. The Balaban J connectivity index is 1.70. The van der Waals surface area contributed by atoms with Crippen LogP contribution in [0.5, 0.6) is 0 Å². The molecule has 1 N–H and O–H groups in total. The molecule has 0 saturated carbocycles. The molecule has 6 heteroatoms. The van der Waals surface area contributed by atoms with Crippen molar-refractivity contribution < 1.29 is 9.53 Å². The lowest BCUT2D eigenvalue weighted by molar-refractivity contribution is 0.0341. The number of carbonyl (C=O) groups excluding carboxylic acids is 1. The van der Waals surface area contributed by atoms with Gasteiger partial charge in [0.15, 0.2) is 0 Å². The molecule has 24 heavy (non-hydrogen) atoms. The van der Waals surface area contributed by atoms with Gasteiger partial charge in [0.25, 0.3) is 5.91 Å². The first-order valence-electron chi connectivity index (χ1n) is 8.17. The highest BCUT2D eigenvalue weighted by Crippen LogP contribution is 2.22. The zero-order valence-corrected chi connectivity index (χ0v) is 15.2. The molecule has 1 saturated heterocycles. The number of hydrogen-bond donors (Lipinski definition) is 1. The Hall–Kier alpha value is -1.76. The van der Waals surface area contributed by atoms with E-state index in [0.717, 1.165) is 60.4 Å². The molecule has 5 nitrogen and oxygen atoms in total. The van der Waals surface area contributed by atoms with Gasteiger partial charge in [-0.3, -0.25) is 9.69 Å². The second kappa shape index (κ2) is 7.42. The number of amides is 1. The second-order valence-corrected chi connectivity index (χ2v) is 7.32. The van der Waals surface area contributed by atoms with Gasteiger partial charge in [0.2, 0.25) is 0 Å². The lowest BCUT2D eigenvalue weighted by Crippen LogP contribution is -2.35. The first kappa shape index (κ1) is 17.1. The topological polar surface area (TPSA) is 54.5 Å². The summed E-state index contributed by atoms with van der Waals surface area (Å²) in [7, 11) is 0. The lowest BCUT2D eigenvalue weighted by Gasteiger charge is -2.25. The molecular weight excluding hydrogens is 322 g/mol. The lowest BCUT2D eigenvalue weighted by atomic mass is 10.1. The molecule has 1 aliphatic rings. The molecule has 3 rings (SSSR count). The number of rotatable bonds is 4. The Kier molecular flexibility index (Phi) is 5.28. The summed E-state index contributed by atoms with van der Waals surface area (Å²) < 4.78 is 5.37. The van der Waals surface area contributed by atoms with Crippen LogP contribution in [0.3, 0.4) is 0 Å². The number of thiazole rings is 1. The van der Waals surface area contributed by atoms with Gasteiger partial charge < -0.3 is 10.1 Å². The Morgan fingerprint density at radius 2 is 1.88 bits per heavy atom. The standard InChI is InChI=1S/C18H23N3O2S/c1-12-8-13(2)10-15(9-12)20-18(22)17-14(3)19-16(24-17)11-21-4-6-23-7-5-21/h8-10H,4-7,11H2,1-3H3,(H,20,22). The number of carbonyl (C=O) groups is 1. The molecule has 0 spiro atoms. The van der Waals surface area contributed by atoms with Crippen LogP contribution in [0.2, 0.25) is 0 Å². The van der Waals surface area contributed by atoms with Gasteiger partial charge in [0.1, 0.15) is 9.88 Å². The SMILES string of the molecule is Cc1cc(C)cc(NC(=O)c2sc(CN3CCOCC3)nc2C)c1. The fraction of sp³-hybridized carbons (Fsp3) is 0.444. The van der Waals surface area contributed by atoms with Gasteiger partial charge in [-0.25, -0.2) is 4.98 Å². The molecule has 1 amide bonds. The average molecular weight is 345 g/mol. The molecule has 0 aliphatic carbocycles. The van der Waals surface area contributed by atoms with Gasteiger partial charge in [-0.1, -0.05) is 6.07 Å². The van der Waals surface area contributed by atoms with E-state index in [1.807, 2.05) is 32.9 Å². The number of hydrogen-bond acceptors (Lipinski definition) is 5. The fourth-order valence-corrected chi connectivity index (χ4v) is 3.92. The van der Waals surface area contributed by atoms with Crippen molar-refractivity contribution in [1.82, 2.24) is 9.88 Å². The number of aromatic nitrogens is 1. The van der Waals surface area contributed by atoms with Gasteiger partial charge in [0.05, 0.1) is 25.5 Å². The van der Waals surface area contributed by atoms with Crippen molar-refractivity contribution in [2.75, 3.05) is 31.6 Å². The van der Waals surface area contributed by atoms with E-state index in [2.05, 4.69) is 21.3 Å². The van der Waals surface area contributed by atoms with Crippen molar-refractivity contribution in [1.29, 1.82) is 0 Å². The molecule has 2 aromatic rings. The van der Waals surface area contributed by atoms with Crippen LogP contribution in [0.1, 0.15) is 31.5 Å². The van der Waals surface area contributed by atoms with Crippen LogP contribution in [0.4, 0.5) is 5.69 Å². The molecule has 1 fully saturated rings. The van der Waals surface area contributed by atoms with E-state index in [0.29, 0.717) is 4.88 Å². The Bertz CT molecular complexity index is 716. The second-order valence-electron chi connectivity index (χ2n) is 6.24. The van der Waals surface area contributed by atoms with E-state index >= 15 is 0 Å². The number of anilines is 1. The summed E-state index contributed by atoms with van der Waals surface area (Å²) >= 11 is 1.48. The molecule has 0 atom stereocenters. The summed E-state index contributed by atoms with van der Waals surface area (Å²) in [5.74, 6) is -0.0803. The van der Waals surface area contributed by atoms with Crippen LogP contribution in [-0.4, -0.2) is 42.1 Å². The number of benzene rings is 1. The largest absolute Gasteiger partial charge is 0.379 e. The predicted molar refractivity (Wildman–Crippen MR) is 96.8 cm³/mol. The Morgan fingerprint density at radius 1 is 1.21 bits per heavy atom. The third-order valence-corrected chi connectivity index (χ3v) is 5.13. The number of ether oxygens (including phenoxy) is 1. The molecule has 0 unspecified atom stereocenters. The maximum absolute atomic E-state index is 12.6. The minimum Gasteiger partial charge on any atom is -0.379 e. The van der Waals surface area contributed by atoms with Gasteiger partial charge in [-0.15, -0.1) is 11.3 Å². The fourth-order valence-electron chi connectivity index (χ4n) is 2.92. The molecular formula is C18H23N3O2S. The first-order valence-corrected chi connectivity index (χ1v) is 8.99. The number of nitrogens with zero attached hydrogens (tertiary/aromatic N) is 2. The van der Waals surface area contributed by atoms with E-state index in [9.17, 15) is 4.79 Å². The van der Waals surface area contributed by atoms with Crippen LogP contribution in [0.15, 0.2) is 18.2 Å². The van der Waals surface area contributed by atoms with E-state index in [1.54, 1.807) is 0 Å². The molecule has 128 valence electrons. The van der Waals surface area contributed by atoms with Crippen LogP contribution < -0.4 is 5.32 Å². The zero-order chi connectivity index (χ0) is 17.1. The highest BCUT2D eigenvalue weighted by molar-refractivity contribution is 7.13. The minimum absolute atomic E-state index is 0.0803. The van der Waals surface area contributed by atoms with Crippen LogP contribution in [-0.2, 0) is 11.3 Å². The summed E-state index contributed by atoms with van der Waals surface area (Å²) in [5, 5.41) is 3.98. The summed E-state index contributed by atoms with van der Waals surface area (Å²) in [6, 6.07) is 6.06. The monoisotopic (exact) mass is 345 g/mol. The van der Waals surface area contributed by atoms with Crippen molar-refractivity contribution in [3.05, 3.63) is 44.9 Å². The summed E-state index contributed by atoms with van der Waals surface area (Å²) in [6.07, 6.45) is 0. The van der Waals surface area contributed by atoms with Crippen molar-refractivity contribution in [2.45, 2.75) is 27.3 Å². The summed E-state index contributed by atoms with van der Waals surface area (Å²) in [6.45, 7) is 10.1. The maximum Gasteiger partial charge on any atom is 0.267 e. The first-order chi connectivity index (χ1) is 11.5. The van der Waals surface area contributed by atoms with Crippen molar-refractivity contribution >= 4 is 22.9 Å². The van der Waals surface area contributed by atoms with E-state index in [-0.39, 0.29) is 5.91 Å². The van der Waals surface area contributed by atoms with E-state index in [1.165, 1.54) is 11.3 Å². The maximum atomic E-state index is 12.6. The Morgan fingerprint density at radius 3 is 2.54 bits per heavy atom. The molecule has 1 aromatic heterocycles. The van der Waals surface area contributed by atoms with Crippen LogP contribution >= 0.6 is 11.3 Å². The van der Waals surface area contributed by atoms with Crippen molar-refractivity contribution in [3.63, 3.8) is 0 Å². The van der Waals surface area contributed by atoms with Gasteiger partial charge >= 0.3 is 0 Å². The predicted octanol–water partition coefficient (Wildman–Crippen LogP) is 3.15. The summed E-state index contributed by atoms with van der Waals surface area (Å²) in [4.78, 5) is 20.2. The smallest absolute Gasteiger partial charge is 0.267 e. The third-order valence-electron chi connectivity index (χ3n) is 3.99. The number of nitrogens with one attached hydrogen (secondary N) is 1. The number of aryl methyl sites for hydroxylation is 3. The van der Waals surface area contributed by atoms with Crippen LogP contribution in [0.25, 0.3) is 0 Å². The average Bonchev–Trinajstić information content (AvgIpc) is 2.88. The summed E-state index contributed by atoms with van der Waals surface area (Å²) in [5.41, 5.74) is 3.91. The molecule has 0 radical (unpaired) electrons. The van der Waals surface area contributed by atoms with Gasteiger partial charge in [-0.05, 0) is 44.0 Å². The van der Waals surface area contributed by atoms with Gasteiger partial charge in [-0.2, -0.15) is 0 Å². The van der Waals surface area contributed by atoms with Crippen LogP contribution in [0, 0.1) is 20.8 Å². The quantitative estimate of drug-likeness (QED) is 0.925. The van der Waals surface area contributed by atoms with Gasteiger partial charge in [0, 0.05) is 18.8 Å². The minimum atomic E-state index is -0.0803. The molecule has 2 heterocycles. The van der Waals surface area contributed by atoms with E-state index in [4.69, 9.17) is 4.74 Å². The van der Waals surface area contributed by atoms with E-state index < -0.39 is 0 Å².